The van der Waals surface area contributed by atoms with Crippen LogP contribution in [0.1, 0.15) is 48.3 Å². The molecule has 3 heterocycles. The maximum absolute atomic E-state index is 13.2. The molecular weight excluding hydrogens is 468 g/mol. The van der Waals surface area contributed by atoms with Gasteiger partial charge in [-0.3, -0.25) is 9.59 Å². The van der Waals surface area contributed by atoms with Crippen molar-refractivity contribution in [3.8, 4) is 0 Å². The normalized spacial score (nSPS) is 14.8. The lowest BCUT2D eigenvalue weighted by atomic mass is 10.2. The average Bonchev–Trinajstić information content (AvgIpc) is 3.43. The van der Waals surface area contributed by atoms with Crippen molar-refractivity contribution in [2.45, 2.75) is 44.6 Å². The summed E-state index contributed by atoms with van der Waals surface area (Å²) in [4.78, 5) is 34.3. The van der Waals surface area contributed by atoms with E-state index in [1.807, 2.05) is 6.92 Å². The van der Waals surface area contributed by atoms with Crippen molar-refractivity contribution >= 4 is 38.4 Å². The van der Waals surface area contributed by atoms with E-state index in [-0.39, 0.29) is 28.5 Å². The van der Waals surface area contributed by atoms with Gasteiger partial charge in [-0.05, 0) is 44.4 Å². The summed E-state index contributed by atoms with van der Waals surface area (Å²) in [7, 11) is -3.72. The standard InChI is InChI=1S/C22H25ClN4O5S/c1-3-8-26(13-20-24-17-11-15(23)6-7-16(17)21(28)25-20)22(29)18-12-19(14(2)32-18)33(30,31)27-9-4-5-10-27/h6-7,11-12H,3-5,8-10,13H2,1-2H3,(H,24,25,28). The fraction of sp³-hybridized carbons (Fsp3) is 0.409. The van der Waals surface area contributed by atoms with Crippen molar-refractivity contribution < 1.29 is 17.6 Å². The van der Waals surface area contributed by atoms with Crippen LogP contribution in [0.4, 0.5) is 0 Å². The van der Waals surface area contributed by atoms with Crippen molar-refractivity contribution in [2.75, 3.05) is 19.6 Å². The number of aromatic amines is 1. The molecule has 11 heteroatoms. The number of hydrogen-bond acceptors (Lipinski definition) is 6. The number of benzene rings is 1. The number of fused-ring (bicyclic) bond motifs is 1. The number of aryl methyl sites for hydroxylation is 1. The quantitative estimate of drug-likeness (QED) is 0.540. The van der Waals surface area contributed by atoms with Crippen LogP contribution in [0.3, 0.4) is 0 Å². The zero-order valence-corrected chi connectivity index (χ0v) is 20.0. The van der Waals surface area contributed by atoms with Gasteiger partial charge in [0.05, 0.1) is 17.4 Å². The van der Waals surface area contributed by atoms with Crippen LogP contribution < -0.4 is 5.56 Å². The summed E-state index contributed by atoms with van der Waals surface area (Å²) in [5, 5.41) is 0.848. The first-order valence-corrected chi connectivity index (χ1v) is 12.6. The van der Waals surface area contributed by atoms with E-state index < -0.39 is 15.9 Å². The fourth-order valence-electron chi connectivity index (χ4n) is 3.99. The molecule has 9 nitrogen and oxygen atoms in total. The van der Waals surface area contributed by atoms with Crippen LogP contribution in [0.5, 0.6) is 0 Å². The topological polar surface area (TPSA) is 117 Å². The van der Waals surface area contributed by atoms with E-state index in [4.69, 9.17) is 16.0 Å². The number of carbonyl (C=O) groups excluding carboxylic acids is 1. The molecule has 0 saturated carbocycles. The number of nitrogens with one attached hydrogen (secondary N) is 1. The number of rotatable bonds is 7. The molecule has 0 aliphatic carbocycles. The lowest BCUT2D eigenvalue weighted by molar-refractivity contribution is 0.0705. The molecular formula is C22H25ClN4O5S. The third-order valence-corrected chi connectivity index (χ3v) is 7.85. The first kappa shape index (κ1) is 23.5. The summed E-state index contributed by atoms with van der Waals surface area (Å²) in [5.41, 5.74) is 0.0985. The zero-order chi connectivity index (χ0) is 23.8. The van der Waals surface area contributed by atoms with E-state index in [2.05, 4.69) is 9.97 Å². The molecule has 0 bridgehead atoms. The van der Waals surface area contributed by atoms with Crippen LogP contribution >= 0.6 is 11.6 Å². The monoisotopic (exact) mass is 492 g/mol. The van der Waals surface area contributed by atoms with Gasteiger partial charge in [0.2, 0.25) is 10.0 Å². The van der Waals surface area contributed by atoms with Crippen LogP contribution in [0, 0.1) is 6.92 Å². The Hall–Kier alpha value is -2.69. The number of halogens is 1. The smallest absolute Gasteiger partial charge is 0.290 e. The predicted molar refractivity (Wildman–Crippen MR) is 124 cm³/mol. The van der Waals surface area contributed by atoms with Gasteiger partial charge < -0.3 is 14.3 Å². The number of aromatic nitrogens is 2. The molecule has 1 saturated heterocycles. The molecule has 1 aromatic carbocycles. The summed E-state index contributed by atoms with van der Waals surface area (Å²) in [6.07, 6.45) is 2.27. The minimum Gasteiger partial charge on any atom is -0.455 e. The second kappa shape index (κ2) is 9.28. The zero-order valence-electron chi connectivity index (χ0n) is 18.4. The summed E-state index contributed by atoms with van der Waals surface area (Å²) in [6.45, 7) is 4.76. The fourth-order valence-corrected chi connectivity index (χ4v) is 5.83. The minimum atomic E-state index is -3.72. The molecule has 33 heavy (non-hydrogen) atoms. The maximum Gasteiger partial charge on any atom is 0.290 e. The first-order chi connectivity index (χ1) is 15.7. The Labute approximate surface area is 196 Å². The number of hydrogen-bond donors (Lipinski definition) is 1. The number of nitrogens with zero attached hydrogens (tertiary/aromatic N) is 3. The second-order valence-electron chi connectivity index (χ2n) is 8.04. The first-order valence-electron chi connectivity index (χ1n) is 10.8. The Bertz CT molecular complexity index is 1360. The SMILES string of the molecule is CCCN(Cc1nc2cc(Cl)ccc2c(=O)[nH]1)C(=O)c1cc(S(=O)(=O)N2CCCC2)c(C)o1. The van der Waals surface area contributed by atoms with Crippen LogP contribution in [0.15, 0.2) is 38.4 Å². The molecule has 1 N–H and O–H groups in total. The van der Waals surface area contributed by atoms with Crippen LogP contribution in [-0.2, 0) is 16.6 Å². The van der Waals surface area contributed by atoms with E-state index in [1.54, 1.807) is 18.2 Å². The maximum atomic E-state index is 13.2. The molecule has 1 amide bonds. The third-order valence-electron chi connectivity index (χ3n) is 5.60. The van der Waals surface area contributed by atoms with Gasteiger partial charge >= 0.3 is 0 Å². The molecule has 0 radical (unpaired) electrons. The number of amides is 1. The highest BCUT2D eigenvalue weighted by Gasteiger charge is 2.32. The highest BCUT2D eigenvalue weighted by atomic mass is 35.5. The van der Waals surface area contributed by atoms with E-state index >= 15 is 0 Å². The van der Waals surface area contributed by atoms with Gasteiger partial charge in [0, 0.05) is 30.7 Å². The largest absolute Gasteiger partial charge is 0.455 e. The van der Waals surface area contributed by atoms with Gasteiger partial charge in [0.15, 0.2) is 5.76 Å². The molecule has 3 aromatic rings. The minimum absolute atomic E-state index is 0.0103. The second-order valence-corrected chi connectivity index (χ2v) is 10.4. The number of furan rings is 1. The molecule has 176 valence electrons. The Morgan fingerprint density at radius 1 is 1.27 bits per heavy atom. The van der Waals surface area contributed by atoms with Crippen LogP contribution in [0.25, 0.3) is 10.9 Å². The Balaban J connectivity index is 1.63. The van der Waals surface area contributed by atoms with Crippen molar-refractivity contribution in [2.24, 2.45) is 0 Å². The van der Waals surface area contributed by atoms with Gasteiger partial charge in [-0.2, -0.15) is 4.31 Å². The summed E-state index contributed by atoms with van der Waals surface area (Å²) in [6, 6.07) is 6.09. The van der Waals surface area contributed by atoms with Crippen molar-refractivity contribution in [3.05, 3.63) is 57.0 Å². The Morgan fingerprint density at radius 2 is 2.00 bits per heavy atom. The van der Waals surface area contributed by atoms with Crippen LogP contribution in [0.2, 0.25) is 5.02 Å². The molecule has 4 rings (SSSR count). The van der Waals surface area contributed by atoms with E-state index in [0.29, 0.717) is 47.8 Å². The Morgan fingerprint density at radius 3 is 2.70 bits per heavy atom. The molecule has 1 fully saturated rings. The van der Waals surface area contributed by atoms with Gasteiger partial charge in [-0.15, -0.1) is 0 Å². The van der Waals surface area contributed by atoms with Crippen LogP contribution in [-0.4, -0.2) is 53.1 Å². The van der Waals surface area contributed by atoms with Gasteiger partial charge in [0.25, 0.3) is 11.5 Å². The van der Waals surface area contributed by atoms with Gasteiger partial charge in [-0.25, -0.2) is 13.4 Å². The summed E-state index contributed by atoms with van der Waals surface area (Å²) in [5.74, 6) is -0.0695. The average molecular weight is 493 g/mol. The molecule has 2 aromatic heterocycles. The molecule has 0 atom stereocenters. The lowest BCUT2D eigenvalue weighted by Crippen LogP contribution is -2.32. The van der Waals surface area contributed by atoms with Gasteiger partial charge in [0.1, 0.15) is 16.5 Å². The number of sulfonamides is 1. The van der Waals surface area contributed by atoms with Crippen molar-refractivity contribution in [1.82, 2.24) is 19.2 Å². The molecule has 1 aliphatic heterocycles. The van der Waals surface area contributed by atoms with Gasteiger partial charge in [-0.1, -0.05) is 18.5 Å². The Kier molecular flexibility index (Phi) is 6.60. The number of H-pyrrole nitrogens is 1. The van der Waals surface area contributed by atoms with Crippen molar-refractivity contribution in [3.63, 3.8) is 0 Å². The highest BCUT2D eigenvalue weighted by molar-refractivity contribution is 7.89. The summed E-state index contributed by atoms with van der Waals surface area (Å²) < 4.78 is 32.9. The third kappa shape index (κ3) is 4.68. The lowest BCUT2D eigenvalue weighted by Gasteiger charge is -2.20. The highest BCUT2D eigenvalue weighted by Crippen LogP contribution is 2.27. The van der Waals surface area contributed by atoms with E-state index in [0.717, 1.165) is 12.8 Å². The van der Waals surface area contributed by atoms with Crippen molar-refractivity contribution in [1.29, 1.82) is 0 Å². The number of carbonyl (C=O) groups is 1. The molecule has 0 unspecified atom stereocenters. The molecule has 0 spiro atoms. The van der Waals surface area contributed by atoms with E-state index in [9.17, 15) is 18.0 Å². The predicted octanol–water partition coefficient (Wildman–Crippen LogP) is 3.31. The molecule has 1 aliphatic rings. The van der Waals surface area contributed by atoms with E-state index in [1.165, 1.54) is 22.2 Å². The summed E-state index contributed by atoms with van der Waals surface area (Å²) >= 11 is 6.03.